The third-order valence-corrected chi connectivity index (χ3v) is 4.76. The van der Waals surface area contributed by atoms with E-state index in [4.69, 9.17) is 0 Å². The van der Waals surface area contributed by atoms with E-state index in [2.05, 4.69) is 53.3 Å². The first-order chi connectivity index (χ1) is 8.34. The quantitative estimate of drug-likeness (QED) is 0.797. The highest BCUT2D eigenvalue weighted by Gasteiger charge is 2.11. The molecule has 0 saturated carbocycles. The van der Waals surface area contributed by atoms with Gasteiger partial charge in [-0.2, -0.15) is 16.0 Å². The summed E-state index contributed by atoms with van der Waals surface area (Å²) in [6.07, 6.45) is 6.38. The second-order valence-electron chi connectivity index (χ2n) is 3.97. The fourth-order valence-electron chi connectivity index (χ4n) is 1.91. The Hall–Kier alpha value is -1.74. The van der Waals surface area contributed by atoms with Gasteiger partial charge in [0, 0.05) is 11.1 Å². The minimum absolute atomic E-state index is 0.275. The maximum atomic E-state index is 4.59. The number of rotatable bonds is 2. The summed E-state index contributed by atoms with van der Waals surface area (Å²) in [6.45, 7) is 2.08. The van der Waals surface area contributed by atoms with Gasteiger partial charge in [0.1, 0.15) is 0 Å². The normalized spacial score (nSPS) is 15.7. The molecule has 0 fully saturated rings. The molecule has 0 N–H and O–H groups in total. The van der Waals surface area contributed by atoms with Crippen molar-refractivity contribution >= 4 is 10.9 Å². The lowest BCUT2D eigenvalue weighted by Gasteiger charge is -2.06. The zero-order valence-corrected chi connectivity index (χ0v) is 10.5. The summed E-state index contributed by atoms with van der Waals surface area (Å²) in [4.78, 5) is 1.34. The molecule has 86 valence electrons. The van der Waals surface area contributed by atoms with Gasteiger partial charge in [-0.05, 0) is 29.9 Å². The van der Waals surface area contributed by atoms with E-state index in [0.717, 1.165) is 11.4 Å². The number of benzene rings is 1. The Balaban J connectivity index is 2.01. The summed E-state index contributed by atoms with van der Waals surface area (Å²) in [7, 11) is -0.275. The Kier molecular flexibility index (Phi) is 2.61. The van der Waals surface area contributed by atoms with Crippen LogP contribution in [-0.2, 0) is 0 Å². The Morgan fingerprint density at radius 1 is 1.06 bits per heavy atom. The van der Waals surface area contributed by atoms with Crippen LogP contribution in [0.3, 0.4) is 0 Å². The van der Waals surface area contributed by atoms with Gasteiger partial charge in [0.05, 0.1) is 11.4 Å². The molecule has 0 amide bonds. The van der Waals surface area contributed by atoms with E-state index < -0.39 is 0 Å². The fourth-order valence-corrected chi connectivity index (χ4v) is 3.56. The zero-order valence-electron chi connectivity index (χ0n) is 9.62. The molecule has 3 heteroatoms. The van der Waals surface area contributed by atoms with Crippen molar-refractivity contribution in [1.82, 2.24) is 9.78 Å². The number of hydrogen-bond donors (Lipinski definition) is 1. The third-order valence-electron chi connectivity index (χ3n) is 2.78. The van der Waals surface area contributed by atoms with Crippen LogP contribution in [0.2, 0.25) is 0 Å². The Morgan fingerprint density at radius 3 is 2.47 bits per heavy atom. The van der Waals surface area contributed by atoms with Crippen LogP contribution in [0.15, 0.2) is 64.4 Å². The van der Waals surface area contributed by atoms with Gasteiger partial charge in [-0.1, -0.05) is 30.4 Å². The molecule has 0 aliphatic carbocycles. The topological polar surface area (TPSA) is 17.8 Å². The third kappa shape index (κ3) is 1.94. The lowest BCUT2D eigenvalue weighted by Crippen LogP contribution is -1.93. The monoisotopic (exact) mass is 242 g/mol. The Bertz CT molecular complexity index is 570. The number of nitrogens with zero attached hydrogens (tertiary/aromatic N) is 2. The standard InChI is InChI=1S/C14H14N2S/c1-12-14(17-9-5-6-10-17)11-16(15-12)13-7-3-2-4-8-13/h2-11,17H,1H3. The molecule has 0 atom stereocenters. The Labute approximate surface area is 104 Å². The molecular formula is C14H14N2S. The molecule has 2 nitrogen and oxygen atoms in total. The summed E-state index contributed by atoms with van der Waals surface area (Å²) in [5, 5.41) is 9.11. The molecule has 1 aromatic heterocycles. The van der Waals surface area contributed by atoms with Crippen molar-refractivity contribution in [2.75, 3.05) is 0 Å². The van der Waals surface area contributed by atoms with Gasteiger partial charge in [-0.25, -0.2) is 4.68 Å². The molecule has 2 heterocycles. The average Bonchev–Trinajstić information content (AvgIpc) is 2.99. The van der Waals surface area contributed by atoms with Crippen LogP contribution in [0.4, 0.5) is 0 Å². The van der Waals surface area contributed by atoms with Crippen LogP contribution in [0.1, 0.15) is 5.69 Å². The Morgan fingerprint density at radius 2 is 1.76 bits per heavy atom. The molecule has 1 aliphatic rings. The lowest BCUT2D eigenvalue weighted by molar-refractivity contribution is 0.863. The van der Waals surface area contributed by atoms with E-state index in [1.165, 1.54) is 4.90 Å². The highest BCUT2D eigenvalue weighted by atomic mass is 32.2. The van der Waals surface area contributed by atoms with Crippen molar-refractivity contribution in [2.24, 2.45) is 0 Å². The van der Waals surface area contributed by atoms with E-state index in [1.807, 2.05) is 22.9 Å². The van der Waals surface area contributed by atoms with Crippen molar-refractivity contribution in [3.63, 3.8) is 0 Å². The second kappa shape index (κ2) is 4.26. The number of aryl methyl sites for hydroxylation is 1. The SMILES string of the molecule is Cc1nn(-c2ccccc2)cc1[SH]1C=CC=C1. The van der Waals surface area contributed by atoms with Crippen LogP contribution in [0.25, 0.3) is 5.69 Å². The van der Waals surface area contributed by atoms with Gasteiger partial charge < -0.3 is 0 Å². The van der Waals surface area contributed by atoms with Crippen molar-refractivity contribution < 1.29 is 0 Å². The van der Waals surface area contributed by atoms with Gasteiger partial charge in [-0.3, -0.25) is 0 Å². The molecule has 3 rings (SSSR count). The van der Waals surface area contributed by atoms with E-state index in [-0.39, 0.29) is 10.9 Å². The molecule has 1 aliphatic heterocycles. The smallest absolute Gasteiger partial charge is 0.0722 e. The molecule has 2 aromatic rings. The largest absolute Gasteiger partial charge is 0.240 e. The summed E-state index contributed by atoms with van der Waals surface area (Å²) >= 11 is 0. The minimum atomic E-state index is -0.275. The minimum Gasteiger partial charge on any atom is -0.240 e. The predicted octanol–water partition coefficient (Wildman–Crippen LogP) is 3.58. The molecule has 0 bridgehead atoms. The number of thiol groups is 1. The molecule has 1 aromatic carbocycles. The number of allylic oxidation sites excluding steroid dienone is 2. The van der Waals surface area contributed by atoms with Crippen LogP contribution < -0.4 is 0 Å². The van der Waals surface area contributed by atoms with Crippen LogP contribution in [0.5, 0.6) is 0 Å². The van der Waals surface area contributed by atoms with Crippen molar-refractivity contribution in [2.45, 2.75) is 11.8 Å². The average molecular weight is 242 g/mol. The zero-order chi connectivity index (χ0) is 11.7. The summed E-state index contributed by atoms with van der Waals surface area (Å²) in [5.41, 5.74) is 2.24. The van der Waals surface area contributed by atoms with Crippen molar-refractivity contribution in [3.8, 4) is 5.69 Å². The van der Waals surface area contributed by atoms with E-state index >= 15 is 0 Å². The van der Waals surface area contributed by atoms with Gasteiger partial charge in [-0.15, -0.1) is 0 Å². The second-order valence-corrected chi connectivity index (χ2v) is 5.86. The summed E-state index contributed by atoms with van der Waals surface area (Å²) < 4.78 is 1.97. The van der Waals surface area contributed by atoms with Crippen LogP contribution in [-0.4, -0.2) is 9.78 Å². The predicted molar refractivity (Wildman–Crippen MR) is 73.8 cm³/mol. The maximum Gasteiger partial charge on any atom is 0.0722 e. The number of aromatic nitrogens is 2. The molecule has 17 heavy (non-hydrogen) atoms. The molecule has 0 unspecified atom stereocenters. The number of para-hydroxylation sites is 1. The molecule has 0 spiro atoms. The number of hydrogen-bond acceptors (Lipinski definition) is 1. The van der Waals surface area contributed by atoms with Crippen molar-refractivity contribution in [3.05, 3.63) is 65.2 Å². The van der Waals surface area contributed by atoms with Crippen LogP contribution in [0, 0.1) is 6.92 Å². The summed E-state index contributed by atoms with van der Waals surface area (Å²) in [5.74, 6) is 0. The van der Waals surface area contributed by atoms with Crippen molar-refractivity contribution in [1.29, 1.82) is 0 Å². The lowest BCUT2D eigenvalue weighted by atomic mass is 10.3. The van der Waals surface area contributed by atoms with E-state index in [9.17, 15) is 0 Å². The van der Waals surface area contributed by atoms with E-state index in [1.54, 1.807) is 0 Å². The fraction of sp³-hybridized carbons (Fsp3) is 0.0714. The van der Waals surface area contributed by atoms with Crippen LogP contribution >= 0.6 is 10.9 Å². The van der Waals surface area contributed by atoms with E-state index in [0.29, 0.717) is 0 Å². The van der Waals surface area contributed by atoms with Gasteiger partial charge in [0.25, 0.3) is 0 Å². The molecule has 0 saturated heterocycles. The molecule has 0 radical (unpaired) electrons. The highest BCUT2D eigenvalue weighted by molar-refractivity contribution is 8.22. The molecular weight excluding hydrogens is 228 g/mol. The van der Waals surface area contributed by atoms with Gasteiger partial charge in [0.2, 0.25) is 0 Å². The first kappa shape index (κ1) is 10.4. The summed E-state index contributed by atoms with van der Waals surface area (Å²) in [6, 6.07) is 10.2. The highest BCUT2D eigenvalue weighted by Crippen LogP contribution is 2.43. The van der Waals surface area contributed by atoms with Gasteiger partial charge >= 0.3 is 0 Å². The maximum absolute atomic E-state index is 4.59. The van der Waals surface area contributed by atoms with Gasteiger partial charge in [0.15, 0.2) is 0 Å². The first-order valence-corrected chi connectivity index (χ1v) is 7.07. The first-order valence-electron chi connectivity index (χ1n) is 5.59.